The third-order valence-corrected chi connectivity index (χ3v) is 10.6. The summed E-state index contributed by atoms with van der Waals surface area (Å²) in [4.78, 5) is 32.6. The summed E-state index contributed by atoms with van der Waals surface area (Å²) in [5.41, 5.74) is 0.537. The normalized spacial score (nSPS) is 12.7. The molecule has 10 heteroatoms. The molecule has 38 heavy (non-hydrogen) atoms. The van der Waals surface area contributed by atoms with E-state index in [1.54, 1.807) is 60.7 Å². The number of hydrogen-bond acceptors (Lipinski definition) is 5. The van der Waals surface area contributed by atoms with Gasteiger partial charge in [0.25, 0.3) is 0 Å². The van der Waals surface area contributed by atoms with E-state index in [2.05, 4.69) is 10.2 Å². The molecule has 0 amide bonds. The van der Waals surface area contributed by atoms with Gasteiger partial charge in [-0.3, -0.25) is 9.59 Å². The van der Waals surface area contributed by atoms with Gasteiger partial charge in [0.05, 0.1) is 7.05 Å². The third-order valence-electron chi connectivity index (χ3n) is 6.26. The van der Waals surface area contributed by atoms with Crippen molar-refractivity contribution < 1.29 is 9.59 Å². The molecule has 1 aromatic heterocycles. The Morgan fingerprint density at radius 3 is 1.24 bits per heavy atom. The molecule has 0 radical (unpaired) electrons. The minimum absolute atomic E-state index is 0.0288. The van der Waals surface area contributed by atoms with Gasteiger partial charge in [0.2, 0.25) is 11.6 Å². The molecule has 0 aliphatic heterocycles. The lowest BCUT2D eigenvalue weighted by Crippen LogP contribution is -2.26. The maximum absolute atomic E-state index is 13.2. The minimum Gasteiger partial charge on any atom is -0.287 e. The number of ketones is 2. The first-order valence-corrected chi connectivity index (χ1v) is 14.3. The molecule has 0 saturated carbocycles. The van der Waals surface area contributed by atoms with Crippen molar-refractivity contribution in [3.63, 3.8) is 0 Å². The number of rotatable bonds is 4. The average Bonchev–Trinajstić information content (AvgIpc) is 3.36. The van der Waals surface area contributed by atoms with E-state index >= 15 is 0 Å². The Kier molecular flexibility index (Phi) is 6.29. The van der Waals surface area contributed by atoms with Crippen LogP contribution in [0, 0.1) is 0 Å². The number of carbonyl (C=O) groups excluding carboxylic acids is 2. The van der Waals surface area contributed by atoms with E-state index in [0.717, 1.165) is 20.8 Å². The largest absolute Gasteiger partial charge is 0.287 e. The lowest BCUT2D eigenvalue weighted by Gasteiger charge is -2.26. The molecule has 0 spiro atoms. The summed E-state index contributed by atoms with van der Waals surface area (Å²) >= 11 is 18.7. The van der Waals surface area contributed by atoms with Crippen molar-refractivity contribution in [1.82, 2.24) is 15.1 Å². The highest BCUT2D eigenvalue weighted by atomic mass is 35.5. The van der Waals surface area contributed by atoms with Crippen LogP contribution in [-0.2, 0) is 0 Å². The lowest BCUT2D eigenvalue weighted by molar-refractivity contribution is 0.0974. The standard InChI is InChI=1S/C28H16Cl3N4O2P/c29-17-5-11-20(12-6-17)38(21-13-7-18(30)8-14-21,22-15-9-19(31)10-16-22)34-35-32-25-26(33-35)28(37)24-4-2-1-3-23(24)27(25)36/h1-16H. The smallest absolute Gasteiger partial charge is 0.216 e. The molecular formula is C28H16Cl3N4O2P. The first kappa shape index (κ1) is 24.8. The SMILES string of the molecule is O=C1c2ccccc2C(=O)c2nn(N=P(c3ccc(Cl)cc3)(c3ccc(Cl)cc3)c3ccc(Cl)cc3)nc21. The lowest BCUT2D eigenvalue weighted by atomic mass is 9.90. The van der Waals surface area contributed by atoms with Crippen molar-refractivity contribution in [3.8, 4) is 0 Å². The number of nitrogens with zero attached hydrogens (tertiary/aromatic N) is 4. The van der Waals surface area contributed by atoms with E-state index < -0.39 is 7.05 Å². The summed E-state index contributed by atoms with van der Waals surface area (Å²) in [5.74, 6) is -0.741. The quantitative estimate of drug-likeness (QED) is 0.243. The molecule has 0 fully saturated rings. The Labute approximate surface area is 232 Å². The van der Waals surface area contributed by atoms with Crippen molar-refractivity contribution in [1.29, 1.82) is 0 Å². The van der Waals surface area contributed by atoms with Crippen LogP contribution in [0.5, 0.6) is 0 Å². The Hall–Kier alpha value is -3.54. The molecule has 1 heterocycles. The minimum atomic E-state index is -2.89. The van der Waals surface area contributed by atoms with Crippen LogP contribution in [0.4, 0.5) is 0 Å². The predicted octanol–water partition coefficient (Wildman–Crippen LogP) is 5.95. The van der Waals surface area contributed by atoms with E-state index in [-0.39, 0.29) is 23.0 Å². The molecule has 6 rings (SSSR count). The molecule has 0 N–H and O–H groups in total. The number of fused-ring (bicyclic) bond motifs is 2. The number of halogens is 3. The molecule has 0 saturated heterocycles. The number of hydrogen-bond donors (Lipinski definition) is 0. The van der Waals surface area contributed by atoms with Crippen LogP contribution in [0.2, 0.25) is 15.1 Å². The molecule has 6 nitrogen and oxygen atoms in total. The zero-order chi connectivity index (χ0) is 26.4. The zero-order valence-corrected chi connectivity index (χ0v) is 22.6. The summed E-state index contributed by atoms with van der Waals surface area (Å²) in [6.07, 6.45) is 0. The van der Waals surface area contributed by atoms with Crippen LogP contribution in [0.1, 0.15) is 32.1 Å². The number of benzene rings is 4. The fourth-order valence-corrected chi connectivity index (χ4v) is 8.11. The number of carbonyl (C=O) groups is 2. The summed E-state index contributed by atoms with van der Waals surface area (Å²) in [7, 11) is -2.89. The monoisotopic (exact) mass is 576 g/mol. The fourth-order valence-electron chi connectivity index (χ4n) is 4.47. The van der Waals surface area contributed by atoms with Crippen LogP contribution < -0.4 is 15.9 Å². The predicted molar refractivity (Wildman–Crippen MR) is 151 cm³/mol. The topological polar surface area (TPSA) is 77.2 Å². The molecule has 0 unspecified atom stereocenters. The van der Waals surface area contributed by atoms with Gasteiger partial charge in [0.1, 0.15) is 0 Å². The maximum atomic E-state index is 13.2. The number of aromatic nitrogens is 3. The van der Waals surface area contributed by atoms with E-state index in [4.69, 9.17) is 39.7 Å². The highest BCUT2D eigenvalue weighted by Crippen LogP contribution is 2.47. The van der Waals surface area contributed by atoms with Crippen molar-refractivity contribution in [2.45, 2.75) is 0 Å². The molecule has 186 valence electrons. The van der Waals surface area contributed by atoms with Crippen LogP contribution in [0.3, 0.4) is 0 Å². The van der Waals surface area contributed by atoms with Gasteiger partial charge >= 0.3 is 0 Å². The second-order valence-corrected chi connectivity index (χ2v) is 12.8. The Bertz CT molecular complexity index is 1610. The van der Waals surface area contributed by atoms with Crippen molar-refractivity contribution in [2.75, 3.05) is 0 Å². The molecule has 0 atom stereocenters. The third kappa shape index (κ3) is 4.11. The van der Waals surface area contributed by atoms with E-state index in [1.807, 2.05) is 36.4 Å². The Morgan fingerprint density at radius 2 is 0.895 bits per heavy atom. The van der Waals surface area contributed by atoms with Gasteiger partial charge < -0.3 is 0 Å². The van der Waals surface area contributed by atoms with Gasteiger partial charge in [0, 0.05) is 42.1 Å². The molecule has 4 aromatic carbocycles. The molecular weight excluding hydrogens is 562 g/mol. The average molecular weight is 578 g/mol. The van der Waals surface area contributed by atoms with Crippen molar-refractivity contribution in [2.24, 2.45) is 4.85 Å². The molecule has 1 aliphatic carbocycles. The van der Waals surface area contributed by atoms with Crippen LogP contribution >= 0.6 is 41.9 Å². The molecule has 1 aliphatic rings. The van der Waals surface area contributed by atoms with Gasteiger partial charge in [-0.25, -0.2) is 0 Å². The summed E-state index contributed by atoms with van der Waals surface area (Å²) < 4.78 is 0. The van der Waals surface area contributed by atoms with Gasteiger partial charge in [0.15, 0.2) is 11.4 Å². The summed E-state index contributed by atoms with van der Waals surface area (Å²) in [6.45, 7) is 0. The van der Waals surface area contributed by atoms with Crippen LogP contribution in [0.15, 0.2) is 102 Å². The first-order valence-electron chi connectivity index (χ1n) is 11.4. The van der Waals surface area contributed by atoms with Gasteiger partial charge in [-0.1, -0.05) is 100 Å². The molecule has 0 bridgehead atoms. The zero-order valence-electron chi connectivity index (χ0n) is 19.4. The Morgan fingerprint density at radius 1 is 0.553 bits per heavy atom. The second kappa shape index (κ2) is 9.64. The van der Waals surface area contributed by atoms with Crippen LogP contribution in [-0.4, -0.2) is 26.7 Å². The van der Waals surface area contributed by atoms with E-state index in [1.165, 1.54) is 0 Å². The highest BCUT2D eigenvalue weighted by molar-refractivity contribution is 7.87. The van der Waals surface area contributed by atoms with Gasteiger partial charge in [-0.15, -0.1) is 15.1 Å². The second-order valence-electron chi connectivity index (χ2n) is 8.52. The maximum Gasteiger partial charge on any atom is 0.216 e. The van der Waals surface area contributed by atoms with E-state index in [0.29, 0.717) is 26.2 Å². The van der Waals surface area contributed by atoms with Crippen molar-refractivity contribution in [3.05, 3.63) is 135 Å². The first-order chi connectivity index (χ1) is 18.4. The van der Waals surface area contributed by atoms with Gasteiger partial charge in [-0.2, -0.15) is 0 Å². The fraction of sp³-hybridized carbons (Fsp3) is 0. The molecule has 5 aromatic rings. The summed E-state index contributed by atoms with van der Waals surface area (Å²) in [6, 6.07) is 28.8. The van der Waals surface area contributed by atoms with Crippen molar-refractivity contribution >= 4 is 69.3 Å². The summed E-state index contributed by atoms with van der Waals surface area (Å²) in [5, 5.41) is 13.1. The highest BCUT2D eigenvalue weighted by Gasteiger charge is 2.35. The Balaban J connectivity index is 1.67. The van der Waals surface area contributed by atoms with Gasteiger partial charge in [-0.05, 0) is 36.4 Å². The van der Waals surface area contributed by atoms with Crippen LogP contribution in [0.25, 0.3) is 0 Å². The van der Waals surface area contributed by atoms with E-state index in [9.17, 15) is 9.59 Å².